The standard InChI is InChI=1S/C15H18N2O2S/c1-12-4-2-3-5-14(12)10-17-15-8-6-13(7-9-15)11-20(16,18)19/h2-9,17H,10-11H2,1H3,(H2,16,18,19). The molecule has 5 heteroatoms. The summed E-state index contributed by atoms with van der Waals surface area (Å²) in [5.41, 5.74) is 4.12. The predicted molar refractivity (Wildman–Crippen MR) is 81.8 cm³/mol. The molecule has 0 aliphatic rings. The highest BCUT2D eigenvalue weighted by molar-refractivity contribution is 7.88. The lowest BCUT2D eigenvalue weighted by atomic mass is 10.1. The van der Waals surface area contributed by atoms with E-state index in [1.165, 1.54) is 11.1 Å². The summed E-state index contributed by atoms with van der Waals surface area (Å²) < 4.78 is 22.0. The van der Waals surface area contributed by atoms with Crippen molar-refractivity contribution in [2.45, 2.75) is 19.2 Å². The average molecular weight is 290 g/mol. The smallest absolute Gasteiger partial charge is 0.213 e. The molecule has 0 amide bonds. The molecule has 0 saturated carbocycles. The second kappa shape index (κ2) is 6.07. The van der Waals surface area contributed by atoms with E-state index in [1.807, 2.05) is 24.3 Å². The Morgan fingerprint density at radius 1 is 1.05 bits per heavy atom. The van der Waals surface area contributed by atoms with E-state index in [2.05, 4.69) is 24.4 Å². The minimum absolute atomic E-state index is 0.134. The van der Waals surface area contributed by atoms with E-state index in [1.54, 1.807) is 12.1 Å². The molecule has 3 N–H and O–H groups in total. The maximum absolute atomic E-state index is 11.0. The first-order valence-corrected chi connectivity index (χ1v) is 8.03. The maximum Gasteiger partial charge on any atom is 0.213 e. The Morgan fingerprint density at radius 3 is 2.30 bits per heavy atom. The van der Waals surface area contributed by atoms with Crippen LogP contribution in [0, 0.1) is 6.92 Å². The summed E-state index contributed by atoms with van der Waals surface area (Å²) in [7, 11) is -3.47. The summed E-state index contributed by atoms with van der Waals surface area (Å²) >= 11 is 0. The number of hydrogen-bond donors (Lipinski definition) is 2. The summed E-state index contributed by atoms with van der Waals surface area (Å²) in [6.45, 7) is 2.81. The van der Waals surface area contributed by atoms with E-state index < -0.39 is 10.0 Å². The molecule has 0 fully saturated rings. The fourth-order valence-corrected chi connectivity index (χ4v) is 2.61. The molecule has 20 heavy (non-hydrogen) atoms. The first-order valence-electron chi connectivity index (χ1n) is 6.32. The van der Waals surface area contributed by atoms with Crippen LogP contribution in [0.5, 0.6) is 0 Å². The number of hydrogen-bond acceptors (Lipinski definition) is 3. The minimum Gasteiger partial charge on any atom is -0.381 e. The quantitative estimate of drug-likeness (QED) is 0.888. The van der Waals surface area contributed by atoms with Crippen LogP contribution in [0.4, 0.5) is 5.69 Å². The topological polar surface area (TPSA) is 72.2 Å². The highest BCUT2D eigenvalue weighted by atomic mass is 32.2. The summed E-state index contributed by atoms with van der Waals surface area (Å²) in [6, 6.07) is 15.4. The zero-order valence-corrected chi connectivity index (χ0v) is 12.2. The lowest BCUT2D eigenvalue weighted by Crippen LogP contribution is -2.14. The van der Waals surface area contributed by atoms with Gasteiger partial charge in [0.2, 0.25) is 10.0 Å². The highest BCUT2D eigenvalue weighted by Gasteiger charge is 2.04. The Kier molecular flexibility index (Phi) is 4.42. The molecule has 0 saturated heterocycles. The van der Waals surface area contributed by atoms with Gasteiger partial charge in [-0.2, -0.15) is 0 Å². The molecule has 0 atom stereocenters. The molecule has 2 aromatic rings. The Labute approximate surface area is 119 Å². The molecule has 0 unspecified atom stereocenters. The third-order valence-electron chi connectivity index (χ3n) is 3.07. The van der Waals surface area contributed by atoms with Gasteiger partial charge in [0, 0.05) is 12.2 Å². The molecular weight excluding hydrogens is 272 g/mol. The molecule has 4 nitrogen and oxygen atoms in total. The van der Waals surface area contributed by atoms with Crippen molar-refractivity contribution in [3.63, 3.8) is 0 Å². The molecule has 0 aliphatic heterocycles. The van der Waals surface area contributed by atoms with E-state index in [-0.39, 0.29) is 5.75 Å². The van der Waals surface area contributed by atoms with Crippen LogP contribution in [0.25, 0.3) is 0 Å². The van der Waals surface area contributed by atoms with Gasteiger partial charge in [-0.05, 0) is 35.7 Å². The van der Waals surface area contributed by atoms with Crippen molar-refractivity contribution in [3.05, 3.63) is 65.2 Å². The first kappa shape index (κ1) is 14.6. The Morgan fingerprint density at radius 2 is 1.70 bits per heavy atom. The molecule has 0 aliphatic carbocycles. The van der Waals surface area contributed by atoms with Gasteiger partial charge >= 0.3 is 0 Å². The van der Waals surface area contributed by atoms with Crippen LogP contribution in [-0.4, -0.2) is 8.42 Å². The fourth-order valence-electron chi connectivity index (χ4n) is 1.96. The third-order valence-corrected chi connectivity index (χ3v) is 3.80. The summed E-state index contributed by atoms with van der Waals surface area (Å²) in [5.74, 6) is -0.134. The van der Waals surface area contributed by atoms with Gasteiger partial charge in [-0.3, -0.25) is 0 Å². The molecule has 106 valence electrons. The van der Waals surface area contributed by atoms with Crippen LogP contribution < -0.4 is 10.5 Å². The number of nitrogens with two attached hydrogens (primary N) is 1. The Balaban J connectivity index is 1.99. The summed E-state index contributed by atoms with van der Waals surface area (Å²) in [6.07, 6.45) is 0. The number of primary sulfonamides is 1. The zero-order valence-electron chi connectivity index (χ0n) is 11.3. The second-order valence-corrected chi connectivity index (χ2v) is 6.40. The number of rotatable bonds is 5. The van der Waals surface area contributed by atoms with Gasteiger partial charge in [0.15, 0.2) is 0 Å². The molecule has 0 heterocycles. The maximum atomic E-state index is 11.0. The van der Waals surface area contributed by atoms with Crippen LogP contribution in [0.15, 0.2) is 48.5 Å². The van der Waals surface area contributed by atoms with Gasteiger partial charge < -0.3 is 5.32 Å². The van der Waals surface area contributed by atoms with Crippen LogP contribution >= 0.6 is 0 Å². The highest BCUT2D eigenvalue weighted by Crippen LogP contribution is 2.14. The van der Waals surface area contributed by atoms with Gasteiger partial charge in [-0.15, -0.1) is 0 Å². The van der Waals surface area contributed by atoms with Gasteiger partial charge in [-0.1, -0.05) is 36.4 Å². The molecule has 0 aromatic heterocycles. The van der Waals surface area contributed by atoms with Gasteiger partial charge in [0.1, 0.15) is 0 Å². The van der Waals surface area contributed by atoms with E-state index in [4.69, 9.17) is 5.14 Å². The largest absolute Gasteiger partial charge is 0.381 e. The van der Waals surface area contributed by atoms with E-state index in [0.717, 1.165) is 12.2 Å². The summed E-state index contributed by atoms with van der Waals surface area (Å²) in [5, 5.41) is 8.32. The van der Waals surface area contributed by atoms with Crippen LogP contribution in [0.3, 0.4) is 0 Å². The third kappa shape index (κ3) is 4.36. The van der Waals surface area contributed by atoms with Crippen molar-refractivity contribution in [2.24, 2.45) is 5.14 Å². The molecule has 0 spiro atoms. The number of sulfonamides is 1. The Bertz CT molecular complexity index is 679. The molecule has 0 bridgehead atoms. The predicted octanol–water partition coefficient (Wildman–Crippen LogP) is 2.40. The van der Waals surface area contributed by atoms with Crippen molar-refractivity contribution < 1.29 is 8.42 Å². The van der Waals surface area contributed by atoms with Crippen LogP contribution in [-0.2, 0) is 22.3 Å². The lowest BCUT2D eigenvalue weighted by Gasteiger charge is -2.09. The molecule has 2 aromatic carbocycles. The van der Waals surface area contributed by atoms with Crippen molar-refractivity contribution in [1.29, 1.82) is 0 Å². The normalized spacial score (nSPS) is 11.3. The number of anilines is 1. The van der Waals surface area contributed by atoms with Crippen molar-refractivity contribution in [1.82, 2.24) is 0 Å². The van der Waals surface area contributed by atoms with Gasteiger partial charge in [-0.25, -0.2) is 13.6 Å². The fraction of sp³-hybridized carbons (Fsp3) is 0.200. The Hall–Kier alpha value is -1.85. The van der Waals surface area contributed by atoms with E-state index in [9.17, 15) is 8.42 Å². The zero-order chi connectivity index (χ0) is 14.6. The van der Waals surface area contributed by atoms with Crippen molar-refractivity contribution in [2.75, 3.05) is 5.32 Å². The van der Waals surface area contributed by atoms with E-state index >= 15 is 0 Å². The molecular formula is C15H18N2O2S. The number of benzene rings is 2. The van der Waals surface area contributed by atoms with Crippen molar-refractivity contribution in [3.8, 4) is 0 Å². The first-order chi connectivity index (χ1) is 9.44. The van der Waals surface area contributed by atoms with Gasteiger partial charge in [0.25, 0.3) is 0 Å². The van der Waals surface area contributed by atoms with Crippen LogP contribution in [0.2, 0.25) is 0 Å². The SMILES string of the molecule is Cc1ccccc1CNc1ccc(CS(N)(=O)=O)cc1. The summed E-state index contributed by atoms with van der Waals surface area (Å²) in [4.78, 5) is 0. The minimum atomic E-state index is -3.47. The number of aryl methyl sites for hydroxylation is 1. The van der Waals surface area contributed by atoms with E-state index in [0.29, 0.717) is 5.56 Å². The molecule has 0 radical (unpaired) electrons. The van der Waals surface area contributed by atoms with Gasteiger partial charge in [0.05, 0.1) is 5.75 Å². The molecule has 2 rings (SSSR count). The average Bonchev–Trinajstić information content (AvgIpc) is 2.38. The van der Waals surface area contributed by atoms with Crippen LogP contribution in [0.1, 0.15) is 16.7 Å². The second-order valence-electron chi connectivity index (χ2n) is 4.78. The van der Waals surface area contributed by atoms with Crippen molar-refractivity contribution >= 4 is 15.7 Å². The lowest BCUT2D eigenvalue weighted by molar-refractivity contribution is 0.597. The monoisotopic (exact) mass is 290 g/mol. The number of nitrogens with one attached hydrogen (secondary N) is 1.